The van der Waals surface area contributed by atoms with Gasteiger partial charge in [-0.2, -0.15) is 26.9 Å². The van der Waals surface area contributed by atoms with E-state index in [2.05, 4.69) is 4.18 Å². The van der Waals surface area contributed by atoms with E-state index in [1.165, 1.54) is 24.3 Å². The highest BCUT2D eigenvalue weighted by atomic mass is 32.2. The standard InChI is InChI=1S/C25H26F3NO11S/c26-25(27,28)41(35,36)40-16-3-1-13(2-4-16)7-14-8-18(19(9-15(14)10-29)38-17-5-6-37-12-17)24(34)23(33)22(32)21(31)20(11-30)39-24/h1-4,8-9,17,20-23,30-34H,5-7,11-12H2/t17-,20-,21-,22+,23-,24+/m1/s1. The number of ether oxygens (including phenoxy) is 3. The zero-order valence-electron chi connectivity index (χ0n) is 21.1. The summed E-state index contributed by atoms with van der Waals surface area (Å²) in [5.74, 6) is -3.44. The van der Waals surface area contributed by atoms with Gasteiger partial charge in [-0.25, -0.2) is 0 Å². The molecule has 16 heteroatoms. The maximum atomic E-state index is 12.6. The molecule has 2 heterocycles. The molecule has 224 valence electrons. The lowest BCUT2D eigenvalue weighted by molar-refractivity contribution is -0.358. The van der Waals surface area contributed by atoms with Crippen LogP contribution < -0.4 is 8.92 Å². The van der Waals surface area contributed by atoms with Crippen molar-refractivity contribution in [3.63, 3.8) is 0 Å². The first-order chi connectivity index (χ1) is 19.2. The minimum absolute atomic E-state index is 0.0378. The molecule has 0 unspecified atom stereocenters. The quantitative estimate of drug-likeness (QED) is 0.202. The smallest absolute Gasteiger partial charge is 0.487 e. The molecule has 5 N–H and O–H groups in total. The third-order valence-corrected chi connectivity index (χ3v) is 7.65. The van der Waals surface area contributed by atoms with E-state index in [1.54, 1.807) is 0 Å². The summed E-state index contributed by atoms with van der Waals surface area (Å²) < 4.78 is 81.2. The number of rotatable bonds is 8. The van der Waals surface area contributed by atoms with Crippen molar-refractivity contribution in [1.29, 1.82) is 5.26 Å². The molecule has 0 bridgehead atoms. The fourth-order valence-corrected chi connectivity index (χ4v) is 4.93. The number of aliphatic hydroxyl groups is 5. The number of nitrogens with zero attached hydrogens (tertiary/aromatic N) is 1. The van der Waals surface area contributed by atoms with Gasteiger partial charge in [0, 0.05) is 6.42 Å². The summed E-state index contributed by atoms with van der Waals surface area (Å²) in [6.45, 7) is -0.264. The summed E-state index contributed by atoms with van der Waals surface area (Å²) >= 11 is 0. The van der Waals surface area contributed by atoms with Gasteiger partial charge >= 0.3 is 15.6 Å². The van der Waals surface area contributed by atoms with Crippen LogP contribution in [0.25, 0.3) is 0 Å². The number of hydrogen-bond acceptors (Lipinski definition) is 12. The third-order valence-electron chi connectivity index (χ3n) is 6.67. The molecule has 4 rings (SSSR count). The SMILES string of the molecule is N#Cc1cc(O[C@@H]2CCOC2)c([C@]2(O)O[C@H](CO)[C@@H](O)[C@H](O)[C@H]2O)cc1Cc1ccc(OS(=O)(=O)C(F)(F)F)cc1. The van der Waals surface area contributed by atoms with Crippen LogP contribution in [0.5, 0.6) is 11.5 Å². The van der Waals surface area contributed by atoms with Gasteiger partial charge in [0.15, 0.2) is 0 Å². The number of aliphatic hydroxyl groups excluding tert-OH is 4. The first kappa shape index (κ1) is 30.9. The van der Waals surface area contributed by atoms with Gasteiger partial charge in [0.05, 0.1) is 37.0 Å². The lowest BCUT2D eigenvalue weighted by Crippen LogP contribution is -2.63. The fraction of sp³-hybridized carbons (Fsp3) is 0.480. The highest BCUT2D eigenvalue weighted by molar-refractivity contribution is 7.88. The largest absolute Gasteiger partial charge is 0.534 e. The summed E-state index contributed by atoms with van der Waals surface area (Å²) in [6.07, 6.45) is -7.47. The normalized spacial score (nSPS) is 28.7. The summed E-state index contributed by atoms with van der Waals surface area (Å²) in [7, 11) is -5.88. The Balaban J connectivity index is 1.72. The molecule has 41 heavy (non-hydrogen) atoms. The summed E-state index contributed by atoms with van der Waals surface area (Å²) in [5, 5.41) is 62.3. The monoisotopic (exact) mass is 605 g/mol. The number of halogens is 3. The van der Waals surface area contributed by atoms with Gasteiger partial charge in [-0.1, -0.05) is 12.1 Å². The minimum Gasteiger partial charge on any atom is -0.487 e. The zero-order chi connectivity index (χ0) is 30.2. The van der Waals surface area contributed by atoms with Crippen LogP contribution in [-0.2, 0) is 31.8 Å². The van der Waals surface area contributed by atoms with Crippen LogP contribution in [0.3, 0.4) is 0 Å². The Morgan fingerprint density at radius 1 is 1.12 bits per heavy atom. The predicted octanol–water partition coefficient (Wildman–Crippen LogP) is 0.164. The van der Waals surface area contributed by atoms with Gasteiger partial charge in [0.2, 0.25) is 5.79 Å². The second-order valence-corrected chi connectivity index (χ2v) is 11.0. The molecule has 2 saturated heterocycles. The van der Waals surface area contributed by atoms with Crippen LogP contribution in [0.2, 0.25) is 0 Å². The molecule has 0 spiro atoms. The van der Waals surface area contributed by atoms with E-state index >= 15 is 0 Å². The number of alkyl halides is 3. The van der Waals surface area contributed by atoms with E-state index in [1.807, 2.05) is 6.07 Å². The van der Waals surface area contributed by atoms with Gasteiger partial charge in [-0.05, 0) is 41.8 Å². The minimum atomic E-state index is -5.88. The molecule has 0 aliphatic carbocycles. The Labute approximate surface area is 231 Å². The third kappa shape index (κ3) is 6.27. The molecule has 6 atom stereocenters. The van der Waals surface area contributed by atoms with Crippen molar-refractivity contribution in [2.24, 2.45) is 0 Å². The molecule has 2 aliphatic heterocycles. The van der Waals surface area contributed by atoms with Crippen molar-refractivity contribution in [1.82, 2.24) is 0 Å². The first-order valence-corrected chi connectivity index (χ1v) is 13.6. The van der Waals surface area contributed by atoms with Gasteiger partial charge < -0.3 is 43.9 Å². The Morgan fingerprint density at radius 3 is 2.37 bits per heavy atom. The Morgan fingerprint density at radius 2 is 1.80 bits per heavy atom. The zero-order valence-corrected chi connectivity index (χ0v) is 21.9. The lowest BCUT2D eigenvalue weighted by Gasteiger charge is -2.46. The molecule has 0 amide bonds. The van der Waals surface area contributed by atoms with Crippen LogP contribution in [0.4, 0.5) is 13.2 Å². The number of nitriles is 1. The van der Waals surface area contributed by atoms with Gasteiger partial charge in [-0.3, -0.25) is 0 Å². The predicted molar refractivity (Wildman–Crippen MR) is 130 cm³/mol. The second kappa shape index (κ2) is 11.7. The molecule has 0 radical (unpaired) electrons. The maximum absolute atomic E-state index is 12.6. The summed E-state index contributed by atoms with van der Waals surface area (Å²) in [5.41, 5.74) is -5.24. The van der Waals surface area contributed by atoms with E-state index in [9.17, 15) is 52.4 Å². The van der Waals surface area contributed by atoms with E-state index in [0.29, 0.717) is 18.6 Å². The van der Waals surface area contributed by atoms with Crippen LogP contribution >= 0.6 is 0 Å². The maximum Gasteiger partial charge on any atom is 0.534 e. The van der Waals surface area contributed by atoms with E-state index < -0.39 is 64.3 Å². The van der Waals surface area contributed by atoms with Gasteiger partial charge in [0.25, 0.3) is 0 Å². The summed E-state index contributed by atoms with van der Waals surface area (Å²) in [6, 6.07) is 8.96. The number of benzene rings is 2. The van der Waals surface area contributed by atoms with Gasteiger partial charge in [0.1, 0.15) is 42.0 Å². The number of hydrogen-bond donors (Lipinski definition) is 5. The van der Waals surface area contributed by atoms with Gasteiger partial charge in [-0.15, -0.1) is 0 Å². The molecule has 2 fully saturated rings. The molecule has 2 aromatic rings. The molecular formula is C25H26F3NO11S. The second-order valence-electron chi connectivity index (χ2n) is 9.49. The lowest BCUT2D eigenvalue weighted by atomic mass is 9.85. The van der Waals surface area contributed by atoms with Crippen LogP contribution in [-0.4, -0.2) is 89.8 Å². The molecule has 0 saturated carbocycles. The summed E-state index contributed by atoms with van der Waals surface area (Å²) in [4.78, 5) is 0. The average molecular weight is 606 g/mol. The fourth-order valence-electron chi connectivity index (χ4n) is 4.47. The molecule has 2 aliphatic rings. The van der Waals surface area contributed by atoms with Crippen LogP contribution in [0.15, 0.2) is 36.4 Å². The topological polar surface area (TPSA) is 196 Å². The average Bonchev–Trinajstić information content (AvgIpc) is 3.43. The molecule has 0 aromatic heterocycles. The van der Waals surface area contributed by atoms with Crippen LogP contribution in [0.1, 0.15) is 28.7 Å². The highest BCUT2D eigenvalue weighted by Gasteiger charge is 2.55. The Bertz CT molecular complexity index is 1390. The van der Waals surface area contributed by atoms with Crippen molar-refractivity contribution in [2.75, 3.05) is 19.8 Å². The van der Waals surface area contributed by atoms with E-state index in [0.717, 1.165) is 12.1 Å². The van der Waals surface area contributed by atoms with Crippen molar-refractivity contribution < 1.29 is 65.5 Å². The Hall–Kier alpha value is -3.01. The molecular weight excluding hydrogens is 579 g/mol. The van der Waals surface area contributed by atoms with Crippen molar-refractivity contribution >= 4 is 10.1 Å². The van der Waals surface area contributed by atoms with Crippen molar-refractivity contribution in [2.45, 2.75) is 54.7 Å². The molecule has 12 nitrogen and oxygen atoms in total. The highest BCUT2D eigenvalue weighted by Crippen LogP contribution is 2.42. The van der Waals surface area contributed by atoms with Crippen molar-refractivity contribution in [3.05, 3.63) is 58.7 Å². The van der Waals surface area contributed by atoms with E-state index in [-0.39, 0.29) is 35.5 Å². The first-order valence-electron chi connectivity index (χ1n) is 12.2. The van der Waals surface area contributed by atoms with Crippen LogP contribution in [0, 0.1) is 11.3 Å². The van der Waals surface area contributed by atoms with E-state index in [4.69, 9.17) is 14.2 Å². The van der Waals surface area contributed by atoms with Crippen molar-refractivity contribution in [3.8, 4) is 17.6 Å². The molecule has 2 aromatic carbocycles. The Kier molecular flexibility index (Phi) is 8.83.